The van der Waals surface area contributed by atoms with Gasteiger partial charge in [0, 0.05) is 7.05 Å². The smallest absolute Gasteiger partial charge is 0.265 e. The van der Waals surface area contributed by atoms with Crippen molar-refractivity contribution in [2.75, 3.05) is 7.11 Å². The summed E-state index contributed by atoms with van der Waals surface area (Å²) in [5.41, 5.74) is 7.42. The molecule has 1 fully saturated rings. The van der Waals surface area contributed by atoms with Crippen LogP contribution in [-0.2, 0) is 12.6 Å². The van der Waals surface area contributed by atoms with Crippen molar-refractivity contribution in [3.05, 3.63) is 11.5 Å². The third-order valence-corrected chi connectivity index (χ3v) is 3.94. The van der Waals surface area contributed by atoms with E-state index in [1.54, 1.807) is 11.8 Å². The maximum Gasteiger partial charge on any atom is 0.265 e. The Kier molecular flexibility index (Phi) is 3.01. The fraction of sp³-hybridized carbons (Fsp3) is 0.615. The minimum Gasteiger partial charge on any atom is -0.481 e. The summed E-state index contributed by atoms with van der Waals surface area (Å²) in [6.07, 6.45) is 4.01. The van der Waals surface area contributed by atoms with Gasteiger partial charge in [0.25, 0.3) is 5.89 Å². The van der Waals surface area contributed by atoms with Gasteiger partial charge < -0.3 is 15.0 Å². The molecule has 108 valence electrons. The van der Waals surface area contributed by atoms with Crippen molar-refractivity contribution in [1.29, 1.82) is 0 Å². The van der Waals surface area contributed by atoms with Crippen molar-refractivity contribution in [3.8, 4) is 17.3 Å². The van der Waals surface area contributed by atoms with Crippen LogP contribution in [0.5, 0.6) is 5.88 Å². The Morgan fingerprint density at radius 2 is 2.05 bits per heavy atom. The van der Waals surface area contributed by atoms with Gasteiger partial charge in [0.05, 0.1) is 18.3 Å². The maximum atomic E-state index is 6.35. The van der Waals surface area contributed by atoms with Gasteiger partial charge in [0.1, 0.15) is 5.56 Å². The summed E-state index contributed by atoms with van der Waals surface area (Å²) in [6, 6.07) is 0. The summed E-state index contributed by atoms with van der Waals surface area (Å²) >= 11 is 0. The molecule has 1 aliphatic rings. The molecule has 2 heterocycles. The minimum atomic E-state index is -0.453. The number of aryl methyl sites for hydroxylation is 2. The van der Waals surface area contributed by atoms with Crippen LogP contribution in [0.4, 0.5) is 0 Å². The molecule has 3 rings (SSSR count). The van der Waals surface area contributed by atoms with Gasteiger partial charge in [0.15, 0.2) is 5.82 Å². The number of nitrogens with two attached hydrogens (primary N) is 1. The maximum absolute atomic E-state index is 6.35. The lowest BCUT2D eigenvalue weighted by atomic mass is 9.99. The highest BCUT2D eigenvalue weighted by molar-refractivity contribution is 5.63. The van der Waals surface area contributed by atoms with Crippen molar-refractivity contribution in [1.82, 2.24) is 19.9 Å². The van der Waals surface area contributed by atoms with Crippen LogP contribution in [0.15, 0.2) is 4.52 Å². The van der Waals surface area contributed by atoms with Gasteiger partial charge >= 0.3 is 0 Å². The Labute approximate surface area is 117 Å². The molecule has 1 aliphatic carbocycles. The Hall–Kier alpha value is -1.89. The van der Waals surface area contributed by atoms with E-state index in [0.717, 1.165) is 36.9 Å². The fourth-order valence-corrected chi connectivity index (χ4v) is 2.87. The van der Waals surface area contributed by atoms with Crippen LogP contribution in [-0.4, -0.2) is 27.0 Å². The van der Waals surface area contributed by atoms with E-state index in [-0.39, 0.29) is 0 Å². The molecule has 0 atom stereocenters. The summed E-state index contributed by atoms with van der Waals surface area (Å²) in [5, 5.41) is 8.38. The first-order valence-corrected chi connectivity index (χ1v) is 6.76. The third-order valence-electron chi connectivity index (χ3n) is 3.94. The van der Waals surface area contributed by atoms with E-state index < -0.39 is 5.54 Å². The first kappa shape index (κ1) is 13.1. The van der Waals surface area contributed by atoms with Crippen molar-refractivity contribution < 1.29 is 9.26 Å². The average molecular weight is 277 g/mol. The molecule has 7 nitrogen and oxygen atoms in total. The molecule has 1 saturated carbocycles. The lowest BCUT2D eigenvalue weighted by Crippen LogP contribution is -2.34. The molecular formula is C13H19N5O2. The zero-order valence-electron chi connectivity index (χ0n) is 12.0. The topological polar surface area (TPSA) is 92.0 Å². The van der Waals surface area contributed by atoms with Gasteiger partial charge in [-0.2, -0.15) is 10.1 Å². The highest BCUT2D eigenvalue weighted by Crippen LogP contribution is 2.37. The monoisotopic (exact) mass is 277 g/mol. The predicted octanol–water partition coefficient (Wildman–Crippen LogP) is 1.52. The molecule has 0 unspecified atom stereocenters. The third kappa shape index (κ3) is 1.89. The lowest BCUT2D eigenvalue weighted by molar-refractivity contribution is 0.363. The molecule has 0 spiro atoms. The van der Waals surface area contributed by atoms with Crippen LogP contribution in [0.25, 0.3) is 11.5 Å². The molecule has 0 amide bonds. The summed E-state index contributed by atoms with van der Waals surface area (Å²) < 4.78 is 12.4. The van der Waals surface area contributed by atoms with Crippen molar-refractivity contribution in [3.63, 3.8) is 0 Å². The van der Waals surface area contributed by atoms with Gasteiger partial charge in [0.2, 0.25) is 5.88 Å². The van der Waals surface area contributed by atoms with Gasteiger partial charge in [-0.3, -0.25) is 0 Å². The highest BCUT2D eigenvalue weighted by Gasteiger charge is 2.36. The van der Waals surface area contributed by atoms with E-state index >= 15 is 0 Å². The van der Waals surface area contributed by atoms with Crippen LogP contribution in [0.3, 0.4) is 0 Å². The van der Waals surface area contributed by atoms with Gasteiger partial charge in [-0.1, -0.05) is 18.0 Å². The van der Waals surface area contributed by atoms with Crippen LogP contribution >= 0.6 is 0 Å². The van der Waals surface area contributed by atoms with E-state index in [1.807, 2.05) is 14.0 Å². The van der Waals surface area contributed by atoms with Crippen LogP contribution in [0, 0.1) is 6.92 Å². The second-order valence-electron chi connectivity index (χ2n) is 5.38. The minimum absolute atomic E-state index is 0.416. The number of rotatable bonds is 3. The second kappa shape index (κ2) is 4.59. The summed E-state index contributed by atoms with van der Waals surface area (Å²) in [5.74, 6) is 1.60. The van der Waals surface area contributed by atoms with Crippen molar-refractivity contribution in [2.24, 2.45) is 12.8 Å². The molecule has 2 N–H and O–H groups in total. The highest BCUT2D eigenvalue weighted by atomic mass is 16.5. The number of aromatic nitrogens is 4. The molecular weight excluding hydrogens is 258 g/mol. The Morgan fingerprint density at radius 1 is 1.35 bits per heavy atom. The molecule has 0 aliphatic heterocycles. The number of hydrogen-bond donors (Lipinski definition) is 1. The van der Waals surface area contributed by atoms with Crippen LogP contribution < -0.4 is 10.5 Å². The number of hydrogen-bond acceptors (Lipinski definition) is 6. The average Bonchev–Trinajstić information content (AvgIpc) is 3.09. The molecule has 0 aromatic carbocycles. The van der Waals surface area contributed by atoms with Gasteiger partial charge in [-0.05, 0) is 19.8 Å². The van der Waals surface area contributed by atoms with E-state index in [9.17, 15) is 0 Å². The van der Waals surface area contributed by atoms with Crippen molar-refractivity contribution in [2.45, 2.75) is 38.1 Å². The number of nitrogens with zero attached hydrogens (tertiary/aromatic N) is 4. The normalized spacial score (nSPS) is 17.6. The number of ether oxygens (including phenoxy) is 1. The summed E-state index contributed by atoms with van der Waals surface area (Å²) in [7, 11) is 3.41. The SMILES string of the molecule is COc1c(-c2nc(C3(N)CCCC3)no2)c(C)nn1C. The summed E-state index contributed by atoms with van der Waals surface area (Å²) in [4.78, 5) is 4.48. The first-order valence-electron chi connectivity index (χ1n) is 6.76. The van der Waals surface area contributed by atoms with Crippen LogP contribution in [0.1, 0.15) is 37.2 Å². The largest absolute Gasteiger partial charge is 0.481 e. The zero-order chi connectivity index (χ0) is 14.3. The first-order chi connectivity index (χ1) is 9.55. The van der Waals surface area contributed by atoms with Crippen molar-refractivity contribution >= 4 is 0 Å². The molecule has 2 aromatic heterocycles. The fourth-order valence-electron chi connectivity index (χ4n) is 2.87. The molecule has 0 radical (unpaired) electrons. The quantitative estimate of drug-likeness (QED) is 0.914. The second-order valence-corrected chi connectivity index (χ2v) is 5.38. The molecule has 2 aromatic rings. The number of methoxy groups -OCH3 is 1. The molecule has 0 bridgehead atoms. The van der Waals surface area contributed by atoms with Gasteiger partial charge in [-0.25, -0.2) is 4.68 Å². The Bertz CT molecular complexity index is 625. The Morgan fingerprint density at radius 3 is 2.70 bits per heavy atom. The molecule has 0 saturated heterocycles. The zero-order valence-corrected chi connectivity index (χ0v) is 12.0. The van der Waals surface area contributed by atoms with E-state index in [4.69, 9.17) is 15.0 Å². The standard InChI is InChI=1S/C13H19N5O2/c1-8-9(11(19-3)18(2)16-8)10-15-12(17-20-10)13(14)6-4-5-7-13/h4-7,14H2,1-3H3. The summed E-state index contributed by atoms with van der Waals surface area (Å²) in [6.45, 7) is 1.88. The molecule has 20 heavy (non-hydrogen) atoms. The van der Waals surface area contributed by atoms with Crippen LogP contribution in [0.2, 0.25) is 0 Å². The lowest BCUT2D eigenvalue weighted by Gasteiger charge is -2.17. The van der Waals surface area contributed by atoms with E-state index in [1.165, 1.54) is 0 Å². The van der Waals surface area contributed by atoms with E-state index in [0.29, 0.717) is 17.6 Å². The predicted molar refractivity (Wildman–Crippen MR) is 72.1 cm³/mol. The van der Waals surface area contributed by atoms with E-state index in [2.05, 4.69) is 15.2 Å². The molecule has 7 heteroatoms. The Balaban J connectivity index is 2.02. The van der Waals surface area contributed by atoms with Gasteiger partial charge in [-0.15, -0.1) is 0 Å².